The van der Waals surface area contributed by atoms with Gasteiger partial charge in [0, 0.05) is 6.04 Å². The van der Waals surface area contributed by atoms with E-state index in [0.29, 0.717) is 6.42 Å². The molecule has 1 aromatic rings. The molecule has 0 fully saturated rings. The highest BCUT2D eigenvalue weighted by Crippen LogP contribution is 2.23. The van der Waals surface area contributed by atoms with Crippen molar-refractivity contribution in [2.75, 3.05) is 0 Å². The van der Waals surface area contributed by atoms with Gasteiger partial charge in [0.2, 0.25) is 0 Å². The minimum Gasteiger partial charge on any atom is -0.435 e. The van der Waals surface area contributed by atoms with Crippen molar-refractivity contribution < 1.29 is 13.5 Å². The van der Waals surface area contributed by atoms with E-state index in [1.165, 1.54) is 0 Å². The number of alkyl halides is 2. The molecule has 15 heavy (non-hydrogen) atoms. The number of aryl methyl sites for hydroxylation is 1. The summed E-state index contributed by atoms with van der Waals surface area (Å²) in [6.45, 7) is 0.935. The second-order valence-corrected chi connectivity index (χ2v) is 3.67. The average molecular weight is 215 g/mol. The van der Waals surface area contributed by atoms with Gasteiger partial charge in [0.15, 0.2) is 0 Å². The van der Waals surface area contributed by atoms with Gasteiger partial charge in [-0.25, -0.2) is 0 Å². The molecule has 0 saturated heterocycles. The van der Waals surface area contributed by atoms with E-state index in [1.54, 1.807) is 12.1 Å². The Bertz CT molecular complexity index is 326. The largest absolute Gasteiger partial charge is 0.435 e. The van der Waals surface area contributed by atoms with Crippen LogP contribution in [0.25, 0.3) is 0 Å². The molecule has 0 spiro atoms. The van der Waals surface area contributed by atoms with Crippen LogP contribution in [0.15, 0.2) is 18.2 Å². The number of halogens is 2. The lowest BCUT2D eigenvalue weighted by molar-refractivity contribution is -0.0504. The second kappa shape index (κ2) is 5.07. The minimum absolute atomic E-state index is 0.0770. The number of ether oxygens (including phenoxy) is 1. The third-order valence-corrected chi connectivity index (χ3v) is 1.97. The van der Waals surface area contributed by atoms with Gasteiger partial charge in [0.05, 0.1) is 0 Å². The van der Waals surface area contributed by atoms with Crippen LogP contribution in [0.3, 0.4) is 0 Å². The van der Waals surface area contributed by atoms with Crippen molar-refractivity contribution in [2.24, 2.45) is 5.73 Å². The first-order valence-corrected chi connectivity index (χ1v) is 4.79. The number of hydrogen-bond acceptors (Lipinski definition) is 2. The molecule has 0 aliphatic heterocycles. The Hall–Kier alpha value is -1.16. The SMILES string of the molecule is Cc1ccc(OC(F)F)c(CC(C)N)c1. The first-order chi connectivity index (χ1) is 6.99. The number of nitrogens with two attached hydrogens (primary N) is 1. The summed E-state index contributed by atoms with van der Waals surface area (Å²) in [7, 11) is 0. The van der Waals surface area contributed by atoms with E-state index in [-0.39, 0.29) is 11.8 Å². The summed E-state index contributed by atoms with van der Waals surface area (Å²) in [6, 6.07) is 5.04. The van der Waals surface area contributed by atoms with E-state index in [0.717, 1.165) is 11.1 Å². The highest BCUT2D eigenvalue weighted by molar-refractivity contribution is 5.37. The summed E-state index contributed by atoms with van der Waals surface area (Å²) in [6.07, 6.45) is 0.531. The molecular weight excluding hydrogens is 200 g/mol. The molecular formula is C11H15F2NO. The monoisotopic (exact) mass is 215 g/mol. The fourth-order valence-corrected chi connectivity index (χ4v) is 1.43. The summed E-state index contributed by atoms with van der Waals surface area (Å²) < 4.78 is 28.6. The average Bonchev–Trinajstić information content (AvgIpc) is 2.08. The van der Waals surface area contributed by atoms with Gasteiger partial charge < -0.3 is 10.5 Å². The maximum absolute atomic E-state index is 12.1. The summed E-state index contributed by atoms with van der Waals surface area (Å²) >= 11 is 0. The van der Waals surface area contributed by atoms with Crippen molar-refractivity contribution in [1.29, 1.82) is 0 Å². The molecule has 2 N–H and O–H groups in total. The van der Waals surface area contributed by atoms with Crippen LogP contribution in [0.2, 0.25) is 0 Å². The highest BCUT2D eigenvalue weighted by Gasteiger charge is 2.10. The molecule has 1 aromatic carbocycles. The zero-order valence-electron chi connectivity index (χ0n) is 8.84. The molecule has 4 heteroatoms. The molecule has 0 amide bonds. The van der Waals surface area contributed by atoms with E-state index in [4.69, 9.17) is 5.73 Å². The van der Waals surface area contributed by atoms with Crippen molar-refractivity contribution in [3.8, 4) is 5.75 Å². The Morgan fingerprint density at radius 2 is 2.07 bits per heavy atom. The van der Waals surface area contributed by atoms with Gasteiger partial charge in [-0.2, -0.15) is 8.78 Å². The Balaban J connectivity index is 2.92. The summed E-state index contributed by atoms with van der Waals surface area (Å²) in [5.41, 5.74) is 7.37. The van der Waals surface area contributed by atoms with Gasteiger partial charge in [-0.15, -0.1) is 0 Å². The first-order valence-electron chi connectivity index (χ1n) is 4.79. The van der Waals surface area contributed by atoms with Crippen LogP contribution >= 0.6 is 0 Å². The van der Waals surface area contributed by atoms with Gasteiger partial charge in [0.25, 0.3) is 0 Å². The van der Waals surface area contributed by atoms with Crippen LogP contribution in [-0.4, -0.2) is 12.7 Å². The molecule has 1 atom stereocenters. The smallest absolute Gasteiger partial charge is 0.387 e. The van der Waals surface area contributed by atoms with Crippen LogP contribution < -0.4 is 10.5 Å². The Labute approximate surface area is 88.0 Å². The molecule has 0 bridgehead atoms. The van der Waals surface area contributed by atoms with Crippen LogP contribution in [0.5, 0.6) is 5.75 Å². The molecule has 0 aliphatic carbocycles. The van der Waals surface area contributed by atoms with Crippen LogP contribution in [0.1, 0.15) is 18.1 Å². The zero-order chi connectivity index (χ0) is 11.4. The fraction of sp³-hybridized carbons (Fsp3) is 0.455. The Kier molecular flexibility index (Phi) is 4.03. The van der Waals surface area contributed by atoms with Gasteiger partial charge in [0.1, 0.15) is 5.75 Å². The van der Waals surface area contributed by atoms with E-state index >= 15 is 0 Å². The molecule has 1 unspecified atom stereocenters. The zero-order valence-corrected chi connectivity index (χ0v) is 8.84. The summed E-state index contributed by atoms with van der Waals surface area (Å²) in [4.78, 5) is 0. The fourth-order valence-electron chi connectivity index (χ4n) is 1.43. The van der Waals surface area contributed by atoms with Gasteiger partial charge in [-0.1, -0.05) is 17.7 Å². The third kappa shape index (κ3) is 3.83. The number of rotatable bonds is 4. The predicted molar refractivity (Wildman–Crippen MR) is 55.2 cm³/mol. The molecule has 0 heterocycles. The van der Waals surface area contributed by atoms with Crippen LogP contribution in [0.4, 0.5) is 8.78 Å². The number of benzene rings is 1. The maximum atomic E-state index is 12.1. The second-order valence-electron chi connectivity index (χ2n) is 3.67. The molecule has 0 aromatic heterocycles. The molecule has 1 rings (SSSR count). The van der Waals surface area contributed by atoms with Crippen molar-refractivity contribution >= 4 is 0 Å². The normalized spacial score (nSPS) is 12.9. The Morgan fingerprint density at radius 3 is 2.60 bits per heavy atom. The maximum Gasteiger partial charge on any atom is 0.387 e. The third-order valence-electron chi connectivity index (χ3n) is 1.97. The predicted octanol–water partition coefficient (Wildman–Crippen LogP) is 2.49. The van der Waals surface area contributed by atoms with Gasteiger partial charge in [-0.05, 0) is 31.9 Å². The van der Waals surface area contributed by atoms with Crippen LogP contribution in [-0.2, 0) is 6.42 Å². The molecule has 2 nitrogen and oxygen atoms in total. The molecule has 84 valence electrons. The van der Waals surface area contributed by atoms with Crippen molar-refractivity contribution in [2.45, 2.75) is 32.9 Å². The molecule has 0 radical (unpaired) electrons. The van der Waals surface area contributed by atoms with Gasteiger partial charge in [-0.3, -0.25) is 0 Å². The lowest BCUT2D eigenvalue weighted by Gasteiger charge is -2.13. The van der Waals surface area contributed by atoms with E-state index in [1.807, 2.05) is 19.9 Å². The lowest BCUT2D eigenvalue weighted by Crippen LogP contribution is -2.18. The van der Waals surface area contributed by atoms with E-state index < -0.39 is 6.61 Å². The topological polar surface area (TPSA) is 35.2 Å². The van der Waals surface area contributed by atoms with E-state index in [9.17, 15) is 8.78 Å². The lowest BCUT2D eigenvalue weighted by atomic mass is 10.0. The minimum atomic E-state index is -2.79. The first kappa shape index (κ1) is 11.9. The van der Waals surface area contributed by atoms with Crippen molar-refractivity contribution in [3.63, 3.8) is 0 Å². The number of hydrogen-bond donors (Lipinski definition) is 1. The van der Waals surface area contributed by atoms with Gasteiger partial charge >= 0.3 is 6.61 Å². The highest BCUT2D eigenvalue weighted by atomic mass is 19.3. The Morgan fingerprint density at radius 1 is 1.40 bits per heavy atom. The summed E-state index contributed by atoms with van der Waals surface area (Å²) in [5.74, 6) is 0.216. The van der Waals surface area contributed by atoms with E-state index in [2.05, 4.69) is 4.74 Å². The molecule has 0 aliphatic rings. The van der Waals surface area contributed by atoms with Crippen LogP contribution in [0, 0.1) is 6.92 Å². The molecule has 0 saturated carbocycles. The van der Waals surface area contributed by atoms with Crippen molar-refractivity contribution in [1.82, 2.24) is 0 Å². The quantitative estimate of drug-likeness (QED) is 0.837. The summed E-state index contributed by atoms with van der Waals surface area (Å²) in [5, 5.41) is 0. The van der Waals surface area contributed by atoms with Crippen molar-refractivity contribution in [3.05, 3.63) is 29.3 Å². The standard InChI is InChI=1S/C11H15F2NO/c1-7-3-4-10(15-11(12)13)9(5-7)6-8(2)14/h3-5,8,11H,6,14H2,1-2H3.